The lowest BCUT2D eigenvalue weighted by molar-refractivity contribution is -0.286. The maximum absolute atomic E-state index is 12.9. The number of carbonyl (C=O) groups excluding carboxylic acids is 1. The average Bonchev–Trinajstić information content (AvgIpc) is 2.37. The lowest BCUT2D eigenvalue weighted by atomic mass is 9.98. The normalized spacial score (nSPS) is 12.7. The van der Waals surface area contributed by atoms with Gasteiger partial charge in [0, 0.05) is 5.69 Å². The molecule has 0 spiro atoms. The van der Waals surface area contributed by atoms with Crippen LogP contribution in [0.4, 0.5) is 41.2 Å². The minimum Gasteiger partial charge on any atom is -0.313 e. The summed E-state index contributed by atoms with van der Waals surface area (Å²) in [4.78, 5) is 11.5. The van der Waals surface area contributed by atoms with E-state index >= 15 is 0 Å². The summed E-state index contributed by atoms with van der Waals surface area (Å²) >= 11 is 5.38. The van der Waals surface area contributed by atoms with Crippen molar-refractivity contribution in [2.75, 3.05) is 5.32 Å². The first kappa shape index (κ1) is 19.1. The summed E-state index contributed by atoms with van der Waals surface area (Å²) in [5, 5.41) is 2.00. The number of urea groups is 1. The Labute approximate surface area is 130 Å². The largest absolute Gasteiger partial charge is 0.424 e. The minimum absolute atomic E-state index is 0.309. The van der Waals surface area contributed by atoms with Crippen LogP contribution in [0, 0.1) is 5.82 Å². The van der Waals surface area contributed by atoms with Crippen molar-refractivity contribution in [2.24, 2.45) is 0 Å². The van der Waals surface area contributed by atoms with E-state index in [2.05, 4.69) is 6.58 Å². The topological polar surface area (TPSA) is 41.1 Å². The second-order valence-corrected chi connectivity index (χ2v) is 4.62. The number of rotatable bonds is 3. The highest BCUT2D eigenvalue weighted by Crippen LogP contribution is 2.43. The van der Waals surface area contributed by atoms with Gasteiger partial charge >= 0.3 is 18.4 Å². The van der Waals surface area contributed by atoms with Gasteiger partial charge in [0.25, 0.3) is 5.54 Å². The quantitative estimate of drug-likeness (QED) is 0.595. The van der Waals surface area contributed by atoms with E-state index in [0.717, 1.165) is 23.5 Å². The third-order valence-electron chi connectivity index (χ3n) is 2.69. The Morgan fingerprint density at radius 3 is 2.04 bits per heavy atom. The van der Waals surface area contributed by atoms with Gasteiger partial charge in [0.05, 0.1) is 5.02 Å². The predicted octanol–water partition coefficient (Wildman–Crippen LogP) is 4.65. The number of hydrogen-bond donors (Lipinski definition) is 2. The van der Waals surface area contributed by atoms with Gasteiger partial charge in [-0.3, -0.25) is 0 Å². The fourth-order valence-corrected chi connectivity index (χ4v) is 1.68. The summed E-state index contributed by atoms with van der Waals surface area (Å²) < 4.78 is 89.6. The third kappa shape index (κ3) is 3.87. The van der Waals surface area contributed by atoms with Gasteiger partial charge in [0.2, 0.25) is 0 Å². The Morgan fingerprint density at radius 2 is 1.65 bits per heavy atom. The highest BCUT2D eigenvalue weighted by atomic mass is 35.5. The van der Waals surface area contributed by atoms with E-state index in [9.17, 15) is 35.5 Å². The number of halogens is 8. The molecule has 0 aliphatic carbocycles. The monoisotopic (exact) mass is 364 g/mol. The summed E-state index contributed by atoms with van der Waals surface area (Å²) in [5.74, 6) is -0.886. The molecule has 0 aromatic heterocycles. The fraction of sp³-hybridized carbons (Fsp3) is 0.250. The molecule has 0 radical (unpaired) electrons. The SMILES string of the molecule is C=CC(NC(=O)Nc1ccc(F)c(Cl)c1)(C(F)(F)F)C(F)(F)F. The first-order valence-electron chi connectivity index (χ1n) is 5.65. The van der Waals surface area contributed by atoms with Crippen LogP contribution in [0.3, 0.4) is 0 Å². The molecule has 0 aliphatic rings. The molecule has 11 heteroatoms. The van der Waals surface area contributed by atoms with Crippen molar-refractivity contribution in [1.29, 1.82) is 0 Å². The minimum atomic E-state index is -5.88. The maximum Gasteiger partial charge on any atom is 0.424 e. The molecule has 3 nitrogen and oxygen atoms in total. The van der Waals surface area contributed by atoms with Crippen molar-refractivity contribution in [3.8, 4) is 0 Å². The van der Waals surface area contributed by atoms with Crippen molar-refractivity contribution in [3.05, 3.63) is 41.7 Å². The van der Waals surface area contributed by atoms with E-state index in [1.54, 1.807) is 5.32 Å². The molecule has 0 atom stereocenters. The molecule has 1 aromatic rings. The van der Waals surface area contributed by atoms with Gasteiger partial charge in [0.1, 0.15) is 5.82 Å². The molecule has 128 valence electrons. The molecule has 23 heavy (non-hydrogen) atoms. The van der Waals surface area contributed by atoms with Crippen LogP contribution in [-0.2, 0) is 0 Å². The Morgan fingerprint density at radius 1 is 1.13 bits per heavy atom. The van der Waals surface area contributed by atoms with E-state index in [-0.39, 0.29) is 5.69 Å². The first-order chi connectivity index (χ1) is 10.3. The zero-order valence-electron chi connectivity index (χ0n) is 10.9. The van der Waals surface area contributed by atoms with Gasteiger partial charge in [-0.2, -0.15) is 26.3 Å². The predicted molar refractivity (Wildman–Crippen MR) is 68.6 cm³/mol. The number of benzene rings is 1. The van der Waals surface area contributed by atoms with Crippen molar-refractivity contribution >= 4 is 23.3 Å². The summed E-state index contributed by atoms with van der Waals surface area (Å²) in [5.41, 5.74) is -4.95. The summed E-state index contributed by atoms with van der Waals surface area (Å²) in [6, 6.07) is 0.652. The van der Waals surface area contributed by atoms with Gasteiger partial charge in [-0.15, -0.1) is 6.58 Å². The van der Waals surface area contributed by atoms with E-state index in [4.69, 9.17) is 11.6 Å². The van der Waals surface area contributed by atoms with Crippen LogP contribution in [0.25, 0.3) is 0 Å². The van der Waals surface area contributed by atoms with Crippen molar-refractivity contribution < 1.29 is 35.5 Å². The van der Waals surface area contributed by atoms with E-state index in [1.807, 2.05) is 0 Å². The Bertz CT molecular complexity index is 598. The van der Waals surface area contributed by atoms with Crippen LogP contribution in [0.1, 0.15) is 0 Å². The number of alkyl halides is 6. The van der Waals surface area contributed by atoms with Crippen LogP contribution in [0.5, 0.6) is 0 Å². The zero-order valence-corrected chi connectivity index (χ0v) is 11.7. The third-order valence-corrected chi connectivity index (χ3v) is 2.98. The average molecular weight is 365 g/mol. The number of nitrogens with one attached hydrogen (secondary N) is 2. The van der Waals surface area contributed by atoms with Crippen LogP contribution >= 0.6 is 11.6 Å². The second-order valence-electron chi connectivity index (χ2n) is 4.22. The second kappa shape index (κ2) is 6.26. The van der Waals surface area contributed by atoms with Gasteiger partial charge < -0.3 is 10.6 Å². The summed E-state index contributed by atoms with van der Waals surface area (Å²) in [6.07, 6.45) is -12.2. The Kier molecular flexibility index (Phi) is 5.20. The molecule has 1 rings (SSSR count). The number of hydrogen-bond acceptors (Lipinski definition) is 1. The molecule has 0 heterocycles. The lowest BCUT2D eigenvalue weighted by Crippen LogP contribution is -2.66. The molecule has 2 amide bonds. The van der Waals surface area contributed by atoms with Crippen LogP contribution < -0.4 is 10.6 Å². The van der Waals surface area contributed by atoms with Crippen molar-refractivity contribution in [2.45, 2.75) is 17.9 Å². The van der Waals surface area contributed by atoms with Gasteiger partial charge in [-0.05, 0) is 24.3 Å². The molecule has 0 unspecified atom stereocenters. The molecule has 0 bridgehead atoms. The maximum atomic E-state index is 12.9. The molecule has 0 fully saturated rings. The molecule has 0 saturated heterocycles. The first-order valence-corrected chi connectivity index (χ1v) is 6.03. The standard InChI is InChI=1S/C12H8ClF7N2O/c1-2-10(11(15,16)17,12(18,19)20)22-9(23)21-6-3-4-8(14)7(13)5-6/h2-5H,1H2,(H2,21,22,23). The van der Waals surface area contributed by atoms with Crippen molar-refractivity contribution in [3.63, 3.8) is 0 Å². The van der Waals surface area contributed by atoms with Crippen molar-refractivity contribution in [1.82, 2.24) is 5.32 Å². The van der Waals surface area contributed by atoms with Gasteiger partial charge in [-0.25, -0.2) is 9.18 Å². The van der Waals surface area contributed by atoms with E-state index in [0.29, 0.717) is 0 Å². The highest BCUT2D eigenvalue weighted by molar-refractivity contribution is 6.31. The molecular weight excluding hydrogens is 357 g/mol. The molecule has 0 saturated carbocycles. The van der Waals surface area contributed by atoms with Gasteiger partial charge in [0.15, 0.2) is 0 Å². The molecule has 0 aliphatic heterocycles. The van der Waals surface area contributed by atoms with E-state index in [1.165, 1.54) is 0 Å². The van der Waals surface area contributed by atoms with E-state index < -0.39 is 40.8 Å². The van der Waals surface area contributed by atoms with Gasteiger partial charge in [-0.1, -0.05) is 11.6 Å². The summed E-state index contributed by atoms with van der Waals surface area (Å²) in [6.45, 7) is 2.50. The fourth-order valence-electron chi connectivity index (χ4n) is 1.50. The molecular formula is C12H8ClF7N2O. The lowest BCUT2D eigenvalue weighted by Gasteiger charge is -2.35. The van der Waals surface area contributed by atoms with Crippen LogP contribution in [-0.4, -0.2) is 23.9 Å². The highest BCUT2D eigenvalue weighted by Gasteiger charge is 2.70. The number of amides is 2. The Hall–Kier alpha value is -1.97. The number of anilines is 1. The molecule has 2 N–H and O–H groups in total. The molecule has 1 aromatic carbocycles. The van der Waals surface area contributed by atoms with Crippen LogP contribution in [0.2, 0.25) is 5.02 Å². The zero-order chi connectivity index (χ0) is 18.1. The smallest absolute Gasteiger partial charge is 0.313 e. The summed E-state index contributed by atoms with van der Waals surface area (Å²) in [7, 11) is 0. The Balaban J connectivity index is 3.07. The number of carbonyl (C=O) groups is 1. The van der Waals surface area contributed by atoms with Crippen LogP contribution in [0.15, 0.2) is 30.9 Å².